The molecule has 0 saturated carbocycles. The number of aromatic nitrogens is 4. The maximum Gasteiger partial charge on any atom is 0.254 e. The van der Waals surface area contributed by atoms with Crippen LogP contribution in [0.1, 0.15) is 19.5 Å². The molecule has 0 N–H and O–H groups in total. The second-order valence-electron chi connectivity index (χ2n) is 4.24. The van der Waals surface area contributed by atoms with E-state index in [0.717, 1.165) is 30.1 Å². The summed E-state index contributed by atoms with van der Waals surface area (Å²) >= 11 is 0. The smallest absolute Gasteiger partial charge is 0.254 e. The van der Waals surface area contributed by atoms with Crippen LogP contribution in [0.15, 0.2) is 24.5 Å². The fraction of sp³-hybridized carbons (Fsp3) is 0.417. The van der Waals surface area contributed by atoms with Gasteiger partial charge in [0.1, 0.15) is 12.1 Å². The van der Waals surface area contributed by atoms with E-state index in [1.54, 1.807) is 4.52 Å². The zero-order chi connectivity index (χ0) is 12.4. The third-order valence-corrected chi connectivity index (χ3v) is 2.55. The van der Waals surface area contributed by atoms with Gasteiger partial charge in [-0.25, -0.2) is 4.98 Å². The van der Waals surface area contributed by atoms with Crippen LogP contribution in [0.2, 0.25) is 0 Å². The molecule has 0 aliphatic rings. The fourth-order valence-electron chi connectivity index (χ4n) is 1.78. The first-order chi connectivity index (χ1) is 8.11. The van der Waals surface area contributed by atoms with Crippen molar-refractivity contribution in [2.75, 3.05) is 18.5 Å². The van der Waals surface area contributed by atoms with E-state index in [-0.39, 0.29) is 0 Å². The molecule has 0 aromatic carbocycles. The summed E-state index contributed by atoms with van der Waals surface area (Å²) in [5.41, 5.74) is 2.13. The monoisotopic (exact) mass is 231 g/mol. The summed E-state index contributed by atoms with van der Waals surface area (Å²) in [5, 5.41) is 4.19. The number of rotatable bonds is 4. The van der Waals surface area contributed by atoms with Crippen molar-refractivity contribution in [3.8, 4) is 0 Å². The highest BCUT2D eigenvalue weighted by Crippen LogP contribution is 2.15. The van der Waals surface area contributed by atoms with Crippen LogP contribution < -0.4 is 4.90 Å². The minimum absolute atomic E-state index is 0.646. The first-order valence-electron chi connectivity index (χ1n) is 5.67. The molecule has 0 spiro atoms. The Labute approximate surface area is 101 Å². The van der Waals surface area contributed by atoms with Crippen molar-refractivity contribution in [3.05, 3.63) is 30.2 Å². The predicted octanol–water partition coefficient (Wildman–Crippen LogP) is 1.70. The Balaban J connectivity index is 2.49. The third kappa shape index (κ3) is 2.27. The van der Waals surface area contributed by atoms with Gasteiger partial charge in [0.15, 0.2) is 0 Å². The van der Waals surface area contributed by atoms with Crippen molar-refractivity contribution >= 4 is 11.6 Å². The highest BCUT2D eigenvalue weighted by Gasteiger charge is 2.10. The molecule has 0 amide bonds. The lowest BCUT2D eigenvalue weighted by molar-refractivity contribution is 0.847. The molecule has 0 aliphatic carbocycles. The van der Waals surface area contributed by atoms with Crippen LogP contribution in [0.3, 0.4) is 0 Å². The Morgan fingerprint density at radius 1 is 1.53 bits per heavy atom. The van der Waals surface area contributed by atoms with Crippen molar-refractivity contribution in [1.82, 2.24) is 19.6 Å². The second-order valence-corrected chi connectivity index (χ2v) is 4.24. The normalized spacial score (nSPS) is 10.8. The van der Waals surface area contributed by atoms with Gasteiger partial charge in [-0.1, -0.05) is 19.1 Å². The van der Waals surface area contributed by atoms with Crippen molar-refractivity contribution in [2.24, 2.45) is 0 Å². The lowest BCUT2D eigenvalue weighted by Gasteiger charge is -2.20. The lowest BCUT2D eigenvalue weighted by Crippen LogP contribution is -2.22. The molecule has 0 radical (unpaired) electrons. The summed E-state index contributed by atoms with van der Waals surface area (Å²) < 4.78 is 1.75. The van der Waals surface area contributed by atoms with E-state index in [2.05, 4.69) is 33.5 Å². The quantitative estimate of drug-likeness (QED) is 0.751. The van der Waals surface area contributed by atoms with Gasteiger partial charge in [0.05, 0.1) is 0 Å². The predicted molar refractivity (Wildman–Crippen MR) is 68.2 cm³/mol. The van der Waals surface area contributed by atoms with Crippen molar-refractivity contribution in [3.63, 3.8) is 0 Å². The van der Waals surface area contributed by atoms with Gasteiger partial charge in [-0.15, -0.1) is 0 Å². The number of aryl methyl sites for hydroxylation is 1. The molecule has 0 bridgehead atoms. The van der Waals surface area contributed by atoms with Crippen LogP contribution in [0.5, 0.6) is 0 Å². The summed E-state index contributed by atoms with van der Waals surface area (Å²) in [7, 11) is 2.02. The summed E-state index contributed by atoms with van der Waals surface area (Å²) in [6.07, 6.45) is 2.41. The molecule has 5 nitrogen and oxygen atoms in total. The number of nitrogens with zero attached hydrogens (tertiary/aromatic N) is 5. The van der Waals surface area contributed by atoms with Crippen LogP contribution in [-0.4, -0.2) is 33.2 Å². The van der Waals surface area contributed by atoms with Crippen LogP contribution in [-0.2, 0) is 6.42 Å². The topological polar surface area (TPSA) is 46.3 Å². The number of hydrogen-bond donors (Lipinski definition) is 0. The molecule has 2 rings (SSSR count). The summed E-state index contributed by atoms with van der Waals surface area (Å²) in [5.74, 6) is 1.64. The van der Waals surface area contributed by atoms with E-state index < -0.39 is 0 Å². The largest absolute Gasteiger partial charge is 0.355 e. The Bertz CT molecular complexity index is 543. The summed E-state index contributed by atoms with van der Waals surface area (Å²) in [6.45, 7) is 8.81. The molecule has 2 aromatic rings. The minimum Gasteiger partial charge on any atom is -0.355 e. The Kier molecular flexibility index (Phi) is 3.08. The van der Waals surface area contributed by atoms with Crippen molar-refractivity contribution in [1.29, 1.82) is 0 Å². The van der Waals surface area contributed by atoms with Gasteiger partial charge in [-0.2, -0.15) is 14.6 Å². The number of likely N-dealkylation sites (N-methyl/N-ethyl adjacent to an activating group) is 1. The molecule has 2 aromatic heterocycles. The van der Waals surface area contributed by atoms with Crippen molar-refractivity contribution < 1.29 is 0 Å². The fourth-order valence-corrected chi connectivity index (χ4v) is 1.78. The number of fused-ring (bicyclic) bond motifs is 1. The van der Waals surface area contributed by atoms with Crippen LogP contribution >= 0.6 is 0 Å². The first kappa shape index (κ1) is 11.6. The standard InChI is InChI=1S/C12H17N5/c1-5-10-6-11(16(4)7-9(2)3)17-12(15-10)13-8-14-17/h6,8H,2,5,7H2,1,3-4H3. The number of anilines is 1. The van der Waals surface area contributed by atoms with Gasteiger partial charge < -0.3 is 4.90 Å². The second kappa shape index (κ2) is 4.53. The van der Waals surface area contributed by atoms with Gasteiger partial charge in [0.25, 0.3) is 5.78 Å². The molecule has 17 heavy (non-hydrogen) atoms. The Morgan fingerprint density at radius 3 is 2.94 bits per heavy atom. The zero-order valence-corrected chi connectivity index (χ0v) is 10.5. The number of hydrogen-bond acceptors (Lipinski definition) is 4. The maximum absolute atomic E-state index is 4.42. The Morgan fingerprint density at radius 2 is 2.29 bits per heavy atom. The molecule has 0 saturated heterocycles. The van der Waals surface area contributed by atoms with E-state index in [1.807, 2.05) is 20.0 Å². The lowest BCUT2D eigenvalue weighted by atomic mass is 10.3. The molecule has 0 atom stereocenters. The molecule has 0 fully saturated rings. The SMILES string of the molecule is C=C(C)CN(C)c1cc(CC)nc2ncnn12. The first-order valence-corrected chi connectivity index (χ1v) is 5.67. The average molecular weight is 231 g/mol. The Hall–Kier alpha value is -1.91. The average Bonchev–Trinajstić information content (AvgIpc) is 2.74. The van der Waals surface area contributed by atoms with E-state index in [1.165, 1.54) is 6.33 Å². The van der Waals surface area contributed by atoms with Crippen LogP contribution in [0.4, 0.5) is 5.82 Å². The van der Waals surface area contributed by atoms with Gasteiger partial charge in [-0.3, -0.25) is 0 Å². The minimum atomic E-state index is 0.646. The van der Waals surface area contributed by atoms with E-state index in [9.17, 15) is 0 Å². The molecule has 5 heteroatoms. The summed E-state index contributed by atoms with van der Waals surface area (Å²) in [6, 6.07) is 2.05. The molecule has 90 valence electrons. The third-order valence-electron chi connectivity index (χ3n) is 2.55. The van der Waals surface area contributed by atoms with Gasteiger partial charge in [0, 0.05) is 25.4 Å². The van der Waals surface area contributed by atoms with Crippen LogP contribution in [0.25, 0.3) is 5.78 Å². The summed E-state index contributed by atoms with van der Waals surface area (Å²) in [4.78, 5) is 10.7. The van der Waals surface area contributed by atoms with E-state index >= 15 is 0 Å². The van der Waals surface area contributed by atoms with E-state index in [4.69, 9.17) is 0 Å². The molecule has 2 heterocycles. The molecule has 0 aliphatic heterocycles. The zero-order valence-electron chi connectivity index (χ0n) is 10.5. The van der Waals surface area contributed by atoms with Gasteiger partial charge in [-0.05, 0) is 13.3 Å². The highest BCUT2D eigenvalue weighted by atomic mass is 15.4. The van der Waals surface area contributed by atoms with Gasteiger partial charge in [0.2, 0.25) is 0 Å². The molecule has 0 unspecified atom stereocenters. The van der Waals surface area contributed by atoms with Gasteiger partial charge >= 0.3 is 0 Å². The van der Waals surface area contributed by atoms with Crippen molar-refractivity contribution in [2.45, 2.75) is 20.3 Å². The molecular weight excluding hydrogens is 214 g/mol. The van der Waals surface area contributed by atoms with Crippen LogP contribution in [0, 0.1) is 0 Å². The highest BCUT2D eigenvalue weighted by molar-refractivity contribution is 5.47. The molecular formula is C12H17N5. The van der Waals surface area contributed by atoms with E-state index in [0.29, 0.717) is 5.78 Å². The maximum atomic E-state index is 4.42.